The summed E-state index contributed by atoms with van der Waals surface area (Å²) in [4.78, 5) is 12.1. The molecule has 3 nitrogen and oxygen atoms in total. The summed E-state index contributed by atoms with van der Waals surface area (Å²) in [6.45, 7) is 2.40. The van der Waals surface area contributed by atoms with Gasteiger partial charge in [0.25, 0.3) is 0 Å². The van der Waals surface area contributed by atoms with Crippen LogP contribution in [0, 0.1) is 18.8 Å². The zero-order valence-corrected chi connectivity index (χ0v) is 13.4. The van der Waals surface area contributed by atoms with E-state index in [0.717, 1.165) is 27.6 Å². The van der Waals surface area contributed by atoms with E-state index in [0.29, 0.717) is 12.6 Å². The molecule has 0 spiro atoms. The van der Waals surface area contributed by atoms with Gasteiger partial charge in [-0.15, -0.1) is 0 Å². The topological polar surface area (TPSA) is 41.1 Å². The van der Waals surface area contributed by atoms with Gasteiger partial charge in [0, 0.05) is 16.2 Å². The van der Waals surface area contributed by atoms with Crippen LogP contribution in [0.3, 0.4) is 0 Å². The Bertz CT molecular complexity index is 497. The second-order valence-electron chi connectivity index (χ2n) is 6.08. The largest absolute Gasteiger partial charge is 0.376 e. The van der Waals surface area contributed by atoms with Gasteiger partial charge < -0.3 is 10.6 Å². The van der Waals surface area contributed by atoms with Crippen LogP contribution in [0.25, 0.3) is 0 Å². The first-order valence-corrected chi connectivity index (χ1v) is 8.22. The molecule has 0 heterocycles. The predicted molar refractivity (Wildman–Crippen MR) is 84.7 cm³/mol. The van der Waals surface area contributed by atoms with Crippen LogP contribution in [-0.2, 0) is 4.79 Å². The summed E-state index contributed by atoms with van der Waals surface area (Å²) < 4.78 is 1.06. The molecule has 0 saturated heterocycles. The highest BCUT2D eigenvalue weighted by Crippen LogP contribution is 2.44. The standard InChI is InChI=1S/C16H21BrN2O/c1-10-8-13(17)6-7-14(10)18-9-15(20)19-16(11-2-3-11)12-4-5-12/h6-8,11-12,16,18H,2-5,9H2,1H3,(H,19,20). The molecule has 1 amide bonds. The van der Waals surface area contributed by atoms with Crippen LogP contribution in [-0.4, -0.2) is 18.5 Å². The van der Waals surface area contributed by atoms with Crippen molar-refractivity contribution in [3.63, 3.8) is 0 Å². The van der Waals surface area contributed by atoms with Crippen molar-refractivity contribution in [2.24, 2.45) is 11.8 Å². The number of halogens is 1. The van der Waals surface area contributed by atoms with E-state index in [4.69, 9.17) is 0 Å². The second kappa shape index (κ2) is 5.76. The van der Waals surface area contributed by atoms with Crippen LogP contribution in [0.2, 0.25) is 0 Å². The molecule has 1 aromatic carbocycles. The monoisotopic (exact) mass is 336 g/mol. The van der Waals surface area contributed by atoms with E-state index >= 15 is 0 Å². The van der Waals surface area contributed by atoms with Crippen LogP contribution in [0.1, 0.15) is 31.2 Å². The lowest BCUT2D eigenvalue weighted by atomic mass is 10.1. The Morgan fingerprint density at radius 3 is 2.50 bits per heavy atom. The molecule has 0 aliphatic heterocycles. The van der Waals surface area contributed by atoms with Crippen LogP contribution in [0.15, 0.2) is 22.7 Å². The number of nitrogens with one attached hydrogen (secondary N) is 2. The van der Waals surface area contributed by atoms with Gasteiger partial charge in [-0.05, 0) is 68.2 Å². The molecule has 2 aliphatic carbocycles. The number of hydrogen-bond acceptors (Lipinski definition) is 2. The van der Waals surface area contributed by atoms with E-state index in [9.17, 15) is 4.79 Å². The van der Waals surface area contributed by atoms with Crippen LogP contribution < -0.4 is 10.6 Å². The molecule has 2 saturated carbocycles. The highest BCUT2D eigenvalue weighted by molar-refractivity contribution is 9.10. The molecule has 1 aromatic rings. The minimum atomic E-state index is 0.121. The molecule has 2 N–H and O–H groups in total. The average molecular weight is 337 g/mol. The maximum absolute atomic E-state index is 12.1. The van der Waals surface area contributed by atoms with Gasteiger partial charge in [-0.1, -0.05) is 15.9 Å². The molecule has 4 heteroatoms. The zero-order valence-electron chi connectivity index (χ0n) is 11.8. The van der Waals surface area contributed by atoms with Gasteiger partial charge in [0.15, 0.2) is 0 Å². The lowest BCUT2D eigenvalue weighted by Gasteiger charge is -2.18. The SMILES string of the molecule is Cc1cc(Br)ccc1NCC(=O)NC(C1CC1)C1CC1. The molecule has 0 bridgehead atoms. The molecule has 3 rings (SSSR count). The Morgan fingerprint density at radius 1 is 1.30 bits per heavy atom. The van der Waals surface area contributed by atoms with Crippen molar-refractivity contribution in [3.8, 4) is 0 Å². The van der Waals surface area contributed by atoms with Crippen molar-refractivity contribution in [1.82, 2.24) is 5.32 Å². The third-order valence-corrected chi connectivity index (χ3v) is 4.71. The van der Waals surface area contributed by atoms with Crippen molar-refractivity contribution in [1.29, 1.82) is 0 Å². The predicted octanol–water partition coefficient (Wildman–Crippen LogP) is 3.47. The number of hydrogen-bond donors (Lipinski definition) is 2. The summed E-state index contributed by atoms with van der Waals surface area (Å²) in [5.74, 6) is 1.62. The third-order valence-electron chi connectivity index (χ3n) is 4.22. The van der Waals surface area contributed by atoms with E-state index in [-0.39, 0.29) is 5.91 Å². The van der Waals surface area contributed by atoms with Crippen molar-refractivity contribution in [2.75, 3.05) is 11.9 Å². The molecule has 108 valence electrons. The Balaban J connectivity index is 1.51. The highest BCUT2D eigenvalue weighted by atomic mass is 79.9. The first-order chi connectivity index (χ1) is 9.63. The van der Waals surface area contributed by atoms with Gasteiger partial charge in [0.1, 0.15) is 0 Å². The summed E-state index contributed by atoms with van der Waals surface area (Å²) in [5.41, 5.74) is 2.17. The van der Waals surface area contributed by atoms with Gasteiger partial charge in [-0.25, -0.2) is 0 Å². The number of aryl methyl sites for hydroxylation is 1. The minimum Gasteiger partial charge on any atom is -0.376 e. The van der Waals surface area contributed by atoms with Gasteiger partial charge in [-0.2, -0.15) is 0 Å². The summed E-state index contributed by atoms with van der Waals surface area (Å²) in [5, 5.41) is 6.46. The first kappa shape index (κ1) is 13.9. The van der Waals surface area contributed by atoms with E-state index in [1.807, 2.05) is 19.1 Å². The minimum absolute atomic E-state index is 0.121. The number of carbonyl (C=O) groups is 1. The van der Waals surface area contributed by atoms with Crippen LogP contribution >= 0.6 is 15.9 Å². The number of benzene rings is 1. The third kappa shape index (κ3) is 3.54. The fourth-order valence-corrected chi connectivity index (χ4v) is 3.24. The van der Waals surface area contributed by atoms with Crippen LogP contribution in [0.5, 0.6) is 0 Å². The number of rotatable bonds is 6. The van der Waals surface area contributed by atoms with Crippen molar-refractivity contribution >= 4 is 27.5 Å². The van der Waals surface area contributed by atoms with Crippen molar-refractivity contribution < 1.29 is 4.79 Å². The van der Waals surface area contributed by atoms with E-state index < -0.39 is 0 Å². The lowest BCUT2D eigenvalue weighted by Crippen LogP contribution is -2.41. The fourth-order valence-electron chi connectivity index (χ4n) is 2.77. The summed E-state index contributed by atoms with van der Waals surface area (Å²) in [7, 11) is 0. The maximum atomic E-state index is 12.1. The first-order valence-electron chi connectivity index (χ1n) is 7.43. The van der Waals surface area contributed by atoms with Crippen molar-refractivity contribution in [2.45, 2.75) is 38.6 Å². The van der Waals surface area contributed by atoms with Gasteiger partial charge in [0.2, 0.25) is 5.91 Å². The molecule has 0 radical (unpaired) electrons. The van der Waals surface area contributed by atoms with Crippen LogP contribution in [0.4, 0.5) is 5.69 Å². The Morgan fingerprint density at radius 2 is 1.95 bits per heavy atom. The average Bonchev–Trinajstić information content (AvgIpc) is 3.28. The Hall–Kier alpha value is -1.03. The molecule has 0 atom stereocenters. The maximum Gasteiger partial charge on any atom is 0.239 e. The lowest BCUT2D eigenvalue weighted by molar-refractivity contribution is -0.120. The summed E-state index contributed by atoms with van der Waals surface area (Å²) in [6.07, 6.45) is 5.17. The number of anilines is 1. The number of amides is 1. The molecule has 2 aliphatic rings. The van der Waals surface area contributed by atoms with Gasteiger partial charge in [-0.3, -0.25) is 4.79 Å². The van der Waals surface area contributed by atoms with Gasteiger partial charge in [0.05, 0.1) is 6.54 Å². The van der Waals surface area contributed by atoms with Crippen molar-refractivity contribution in [3.05, 3.63) is 28.2 Å². The summed E-state index contributed by atoms with van der Waals surface area (Å²) in [6, 6.07) is 6.49. The second-order valence-corrected chi connectivity index (χ2v) is 7.00. The molecular weight excluding hydrogens is 316 g/mol. The highest BCUT2D eigenvalue weighted by Gasteiger charge is 2.42. The Kier molecular flexibility index (Phi) is 4.01. The molecular formula is C16H21BrN2O. The molecule has 2 fully saturated rings. The smallest absolute Gasteiger partial charge is 0.239 e. The Labute approximate surface area is 128 Å². The summed E-state index contributed by atoms with van der Waals surface area (Å²) >= 11 is 3.45. The van der Waals surface area contributed by atoms with Gasteiger partial charge >= 0.3 is 0 Å². The quantitative estimate of drug-likeness (QED) is 0.835. The molecule has 0 unspecified atom stereocenters. The van der Waals surface area contributed by atoms with E-state index in [1.165, 1.54) is 25.7 Å². The molecule has 20 heavy (non-hydrogen) atoms. The normalized spacial score (nSPS) is 18.1. The number of carbonyl (C=O) groups excluding carboxylic acids is 1. The zero-order chi connectivity index (χ0) is 14.1. The molecule has 0 aromatic heterocycles. The van der Waals surface area contributed by atoms with E-state index in [2.05, 4.69) is 32.6 Å². The van der Waals surface area contributed by atoms with E-state index in [1.54, 1.807) is 0 Å². The fraction of sp³-hybridized carbons (Fsp3) is 0.562.